The second-order valence-corrected chi connectivity index (χ2v) is 3.70. The molecule has 0 bridgehead atoms. The third-order valence-electron chi connectivity index (χ3n) is 2.63. The number of ether oxygens (including phenoxy) is 1. The summed E-state index contributed by atoms with van der Waals surface area (Å²) in [5.74, 6) is 0. The van der Waals surface area contributed by atoms with Crippen LogP contribution >= 0.6 is 0 Å². The molecule has 0 saturated carbocycles. The molecule has 1 saturated heterocycles. The topological polar surface area (TPSA) is 9.23 Å². The molecule has 1 heteroatoms. The maximum absolute atomic E-state index is 5.56. The van der Waals surface area contributed by atoms with Crippen LogP contribution in [-0.2, 0) is 10.3 Å². The summed E-state index contributed by atoms with van der Waals surface area (Å²) >= 11 is 0. The van der Waals surface area contributed by atoms with Gasteiger partial charge in [-0.3, -0.25) is 0 Å². The first-order valence-corrected chi connectivity index (χ1v) is 4.42. The molecule has 1 fully saturated rings. The Hall–Kier alpha value is -0.820. The van der Waals surface area contributed by atoms with Crippen LogP contribution in [0, 0.1) is 6.92 Å². The molecule has 0 aliphatic carbocycles. The first-order chi connectivity index (χ1) is 5.71. The maximum Gasteiger partial charge on any atom is 0.0925 e. The van der Waals surface area contributed by atoms with Gasteiger partial charge in [0.1, 0.15) is 0 Å². The van der Waals surface area contributed by atoms with Crippen molar-refractivity contribution in [1.82, 2.24) is 0 Å². The molecule has 64 valence electrons. The van der Waals surface area contributed by atoms with Crippen molar-refractivity contribution in [1.29, 1.82) is 0 Å². The van der Waals surface area contributed by atoms with E-state index in [4.69, 9.17) is 4.74 Å². The summed E-state index contributed by atoms with van der Waals surface area (Å²) in [5, 5.41) is 0. The molecule has 1 atom stereocenters. The normalized spacial score (nSPS) is 28.2. The van der Waals surface area contributed by atoms with Crippen molar-refractivity contribution < 1.29 is 4.74 Å². The molecule has 1 aromatic rings. The van der Waals surface area contributed by atoms with Gasteiger partial charge in [0.25, 0.3) is 0 Å². The number of aryl methyl sites for hydroxylation is 1. The summed E-state index contributed by atoms with van der Waals surface area (Å²) in [4.78, 5) is 0. The van der Waals surface area contributed by atoms with Crippen LogP contribution in [-0.4, -0.2) is 6.61 Å². The SMILES string of the molecule is Cc1cccc(C2(C)CCO2)c1. The van der Waals surface area contributed by atoms with Crippen molar-refractivity contribution in [3.8, 4) is 0 Å². The van der Waals surface area contributed by atoms with Gasteiger partial charge in [-0.15, -0.1) is 0 Å². The van der Waals surface area contributed by atoms with Crippen LogP contribution in [0.1, 0.15) is 24.5 Å². The van der Waals surface area contributed by atoms with Gasteiger partial charge in [-0.2, -0.15) is 0 Å². The van der Waals surface area contributed by atoms with Crippen LogP contribution in [0.4, 0.5) is 0 Å². The molecule has 0 aromatic heterocycles. The van der Waals surface area contributed by atoms with Crippen LogP contribution in [0.3, 0.4) is 0 Å². The van der Waals surface area contributed by atoms with Crippen molar-refractivity contribution >= 4 is 0 Å². The molecular formula is C11H14O. The van der Waals surface area contributed by atoms with Gasteiger partial charge in [-0.25, -0.2) is 0 Å². The third kappa shape index (κ3) is 1.14. The van der Waals surface area contributed by atoms with E-state index in [0.29, 0.717) is 0 Å². The summed E-state index contributed by atoms with van der Waals surface area (Å²) in [5.41, 5.74) is 2.63. The lowest BCUT2D eigenvalue weighted by atomic mass is 9.88. The highest BCUT2D eigenvalue weighted by molar-refractivity contribution is 5.28. The minimum atomic E-state index is 0.00597. The molecule has 12 heavy (non-hydrogen) atoms. The average Bonchev–Trinajstić information content (AvgIpc) is 2.00. The molecule has 1 nitrogen and oxygen atoms in total. The quantitative estimate of drug-likeness (QED) is 0.616. The molecule has 1 aliphatic rings. The van der Waals surface area contributed by atoms with E-state index in [0.717, 1.165) is 13.0 Å². The van der Waals surface area contributed by atoms with E-state index in [1.807, 2.05) is 0 Å². The number of hydrogen-bond acceptors (Lipinski definition) is 1. The Kier molecular flexibility index (Phi) is 1.69. The summed E-state index contributed by atoms with van der Waals surface area (Å²) in [6.45, 7) is 5.18. The first kappa shape index (κ1) is 7.81. The summed E-state index contributed by atoms with van der Waals surface area (Å²) in [6.07, 6.45) is 1.15. The molecular weight excluding hydrogens is 148 g/mol. The number of hydrogen-bond donors (Lipinski definition) is 0. The van der Waals surface area contributed by atoms with E-state index >= 15 is 0 Å². The zero-order chi connectivity index (χ0) is 8.60. The monoisotopic (exact) mass is 162 g/mol. The van der Waals surface area contributed by atoms with E-state index in [-0.39, 0.29) is 5.60 Å². The zero-order valence-electron chi connectivity index (χ0n) is 7.63. The van der Waals surface area contributed by atoms with Gasteiger partial charge in [0.05, 0.1) is 12.2 Å². The highest BCUT2D eigenvalue weighted by Gasteiger charge is 2.34. The largest absolute Gasteiger partial charge is 0.370 e. The van der Waals surface area contributed by atoms with Crippen LogP contribution in [0.25, 0.3) is 0 Å². The number of benzene rings is 1. The van der Waals surface area contributed by atoms with Crippen LogP contribution < -0.4 is 0 Å². The fraction of sp³-hybridized carbons (Fsp3) is 0.455. The smallest absolute Gasteiger partial charge is 0.0925 e. The minimum Gasteiger partial charge on any atom is -0.370 e. The van der Waals surface area contributed by atoms with Crippen molar-refractivity contribution in [3.63, 3.8) is 0 Å². The second kappa shape index (κ2) is 2.60. The van der Waals surface area contributed by atoms with E-state index < -0.39 is 0 Å². The predicted octanol–water partition coefficient (Wildman–Crippen LogP) is 2.63. The van der Waals surface area contributed by atoms with Gasteiger partial charge >= 0.3 is 0 Å². The zero-order valence-corrected chi connectivity index (χ0v) is 7.63. The molecule has 0 amide bonds. The Labute approximate surface area is 73.4 Å². The second-order valence-electron chi connectivity index (χ2n) is 3.70. The highest BCUT2D eigenvalue weighted by Crippen LogP contribution is 2.36. The van der Waals surface area contributed by atoms with E-state index in [2.05, 4.69) is 38.1 Å². The van der Waals surface area contributed by atoms with Crippen LogP contribution in [0.2, 0.25) is 0 Å². The summed E-state index contributed by atoms with van der Waals surface area (Å²) in [6, 6.07) is 8.56. The standard InChI is InChI=1S/C11H14O/c1-9-4-3-5-10(8-9)11(2)6-7-12-11/h3-5,8H,6-7H2,1-2H3. The molecule has 1 aliphatic heterocycles. The molecule has 1 aromatic carbocycles. The van der Waals surface area contributed by atoms with Gasteiger partial charge < -0.3 is 4.74 Å². The van der Waals surface area contributed by atoms with Crippen molar-refractivity contribution in [2.24, 2.45) is 0 Å². The highest BCUT2D eigenvalue weighted by atomic mass is 16.5. The minimum absolute atomic E-state index is 0.00597. The Bertz CT molecular complexity index is 287. The molecule has 0 radical (unpaired) electrons. The van der Waals surface area contributed by atoms with Crippen LogP contribution in [0.15, 0.2) is 24.3 Å². The lowest BCUT2D eigenvalue weighted by molar-refractivity contribution is -0.140. The van der Waals surface area contributed by atoms with Gasteiger partial charge in [-0.1, -0.05) is 29.8 Å². The first-order valence-electron chi connectivity index (χ1n) is 4.42. The Morgan fingerprint density at radius 1 is 1.42 bits per heavy atom. The van der Waals surface area contributed by atoms with E-state index in [1.54, 1.807) is 0 Å². The number of rotatable bonds is 1. The average molecular weight is 162 g/mol. The Balaban J connectivity index is 2.33. The fourth-order valence-electron chi connectivity index (χ4n) is 1.61. The molecule has 1 unspecified atom stereocenters. The summed E-state index contributed by atoms with van der Waals surface area (Å²) in [7, 11) is 0. The Morgan fingerprint density at radius 3 is 2.67 bits per heavy atom. The molecule has 2 rings (SSSR count). The van der Waals surface area contributed by atoms with Gasteiger partial charge in [0.15, 0.2) is 0 Å². The van der Waals surface area contributed by atoms with Crippen molar-refractivity contribution in [3.05, 3.63) is 35.4 Å². The molecule has 1 heterocycles. The lowest BCUT2D eigenvalue weighted by Gasteiger charge is -2.39. The van der Waals surface area contributed by atoms with E-state index in [9.17, 15) is 0 Å². The van der Waals surface area contributed by atoms with E-state index in [1.165, 1.54) is 11.1 Å². The van der Waals surface area contributed by atoms with Gasteiger partial charge in [0, 0.05) is 6.42 Å². The van der Waals surface area contributed by atoms with Crippen molar-refractivity contribution in [2.45, 2.75) is 25.9 Å². The molecule has 0 spiro atoms. The fourth-order valence-corrected chi connectivity index (χ4v) is 1.61. The molecule has 0 N–H and O–H groups in total. The summed E-state index contributed by atoms with van der Waals surface area (Å²) < 4.78 is 5.56. The van der Waals surface area contributed by atoms with Gasteiger partial charge in [0.2, 0.25) is 0 Å². The van der Waals surface area contributed by atoms with Crippen LogP contribution in [0.5, 0.6) is 0 Å². The Morgan fingerprint density at radius 2 is 2.17 bits per heavy atom. The third-order valence-corrected chi connectivity index (χ3v) is 2.63. The maximum atomic E-state index is 5.56. The predicted molar refractivity (Wildman–Crippen MR) is 49.1 cm³/mol. The van der Waals surface area contributed by atoms with Crippen molar-refractivity contribution in [2.75, 3.05) is 6.61 Å². The lowest BCUT2D eigenvalue weighted by Crippen LogP contribution is -2.37. The van der Waals surface area contributed by atoms with Gasteiger partial charge in [-0.05, 0) is 19.4 Å².